The van der Waals surface area contributed by atoms with Crippen molar-refractivity contribution in [3.8, 4) is 5.88 Å². The van der Waals surface area contributed by atoms with E-state index in [2.05, 4.69) is 21.2 Å². The highest BCUT2D eigenvalue weighted by Crippen LogP contribution is 2.15. The van der Waals surface area contributed by atoms with Crippen LogP contribution < -0.4 is 20.9 Å². The fraction of sp³-hybridized carbons (Fsp3) is 0.174. The van der Waals surface area contributed by atoms with Crippen LogP contribution in [0.15, 0.2) is 66.9 Å². The van der Waals surface area contributed by atoms with E-state index in [0.29, 0.717) is 18.1 Å². The number of amides is 2. The third kappa shape index (κ3) is 6.07. The summed E-state index contributed by atoms with van der Waals surface area (Å²) in [7, 11) is 0. The van der Waals surface area contributed by atoms with Crippen LogP contribution in [0.2, 0.25) is 0 Å². The van der Waals surface area contributed by atoms with Gasteiger partial charge in [0.2, 0.25) is 5.88 Å². The predicted molar refractivity (Wildman–Crippen MR) is 115 cm³/mol. The Hall–Kier alpha value is -3.87. The van der Waals surface area contributed by atoms with Gasteiger partial charge in [-0.3, -0.25) is 20.4 Å². The zero-order chi connectivity index (χ0) is 21.3. The Labute approximate surface area is 175 Å². The fourth-order valence-electron chi connectivity index (χ4n) is 2.79. The van der Waals surface area contributed by atoms with Gasteiger partial charge in [0, 0.05) is 23.5 Å². The van der Waals surface area contributed by atoms with Crippen LogP contribution >= 0.6 is 0 Å². The first-order valence-corrected chi connectivity index (χ1v) is 9.54. The molecule has 0 aliphatic carbocycles. The van der Waals surface area contributed by atoms with E-state index < -0.39 is 5.91 Å². The number of hydrogen-bond donors (Lipinski definition) is 3. The van der Waals surface area contributed by atoms with E-state index in [0.717, 1.165) is 22.4 Å². The summed E-state index contributed by atoms with van der Waals surface area (Å²) in [4.78, 5) is 28.5. The molecule has 3 rings (SSSR count). The van der Waals surface area contributed by atoms with Crippen LogP contribution in [-0.4, -0.2) is 23.3 Å². The summed E-state index contributed by atoms with van der Waals surface area (Å²) in [6, 6.07) is 18.7. The highest BCUT2D eigenvalue weighted by atomic mass is 16.5. The minimum absolute atomic E-state index is 0.0337. The molecule has 0 spiro atoms. The third-order valence-corrected chi connectivity index (χ3v) is 4.36. The van der Waals surface area contributed by atoms with Crippen molar-refractivity contribution in [2.75, 3.05) is 11.9 Å². The Morgan fingerprint density at radius 1 is 0.967 bits per heavy atom. The van der Waals surface area contributed by atoms with E-state index in [9.17, 15) is 9.59 Å². The highest BCUT2D eigenvalue weighted by molar-refractivity contribution is 5.95. The molecule has 0 bridgehead atoms. The number of pyridine rings is 1. The number of carbonyl (C=O) groups excluding carboxylic acids is 2. The Kier molecular flexibility index (Phi) is 7.00. The van der Waals surface area contributed by atoms with Gasteiger partial charge < -0.3 is 10.1 Å². The zero-order valence-corrected chi connectivity index (χ0v) is 16.9. The van der Waals surface area contributed by atoms with Gasteiger partial charge in [-0.1, -0.05) is 48.0 Å². The van der Waals surface area contributed by atoms with Gasteiger partial charge in [0.05, 0.1) is 6.54 Å². The van der Waals surface area contributed by atoms with E-state index in [-0.39, 0.29) is 12.5 Å². The molecule has 30 heavy (non-hydrogen) atoms. The van der Waals surface area contributed by atoms with Gasteiger partial charge >= 0.3 is 0 Å². The summed E-state index contributed by atoms with van der Waals surface area (Å²) < 4.78 is 5.63. The van der Waals surface area contributed by atoms with Gasteiger partial charge in [0.25, 0.3) is 11.8 Å². The molecule has 0 aliphatic rings. The summed E-state index contributed by atoms with van der Waals surface area (Å²) in [5.74, 6) is -0.492. The van der Waals surface area contributed by atoms with Crippen LogP contribution in [0.4, 0.5) is 5.69 Å². The highest BCUT2D eigenvalue weighted by Gasteiger charge is 2.10. The normalized spacial score (nSPS) is 10.2. The lowest BCUT2D eigenvalue weighted by atomic mass is 10.1. The van der Waals surface area contributed by atoms with E-state index in [1.54, 1.807) is 6.07 Å². The Morgan fingerprint density at radius 2 is 1.77 bits per heavy atom. The predicted octanol–water partition coefficient (Wildman–Crippen LogP) is 3.15. The summed E-state index contributed by atoms with van der Waals surface area (Å²) in [6.45, 7) is 4.36. The number of aromatic nitrogens is 1. The van der Waals surface area contributed by atoms with Crippen molar-refractivity contribution < 1.29 is 14.3 Å². The van der Waals surface area contributed by atoms with Crippen LogP contribution in [0.5, 0.6) is 5.88 Å². The Balaban J connectivity index is 1.47. The average Bonchev–Trinajstić information content (AvgIpc) is 2.76. The molecule has 7 heteroatoms. The van der Waals surface area contributed by atoms with Gasteiger partial charge in [-0.25, -0.2) is 4.98 Å². The summed E-state index contributed by atoms with van der Waals surface area (Å²) in [6.07, 6.45) is 1.48. The molecule has 2 aromatic carbocycles. The fourth-order valence-corrected chi connectivity index (χ4v) is 2.79. The maximum absolute atomic E-state index is 12.3. The molecule has 154 valence electrons. The number of benzene rings is 2. The Bertz CT molecular complexity index is 1020. The smallest absolute Gasteiger partial charge is 0.269 e. The first kappa shape index (κ1) is 20.9. The van der Waals surface area contributed by atoms with E-state index >= 15 is 0 Å². The molecule has 0 aliphatic heterocycles. The first-order chi connectivity index (χ1) is 14.5. The van der Waals surface area contributed by atoms with Crippen LogP contribution in [-0.2, 0) is 11.4 Å². The second-order valence-electron chi connectivity index (χ2n) is 6.83. The molecular formula is C23H24N4O3. The maximum atomic E-state index is 12.3. The third-order valence-electron chi connectivity index (χ3n) is 4.36. The van der Waals surface area contributed by atoms with Crippen molar-refractivity contribution >= 4 is 17.5 Å². The molecule has 3 N–H and O–H groups in total. The van der Waals surface area contributed by atoms with Crippen LogP contribution in [0.25, 0.3) is 0 Å². The topological polar surface area (TPSA) is 92.4 Å². The standard InChI is InChI=1S/C23H24N4O3/c1-16-8-9-20(17(2)12-16)25-14-21(28)26-27-23(29)19-10-11-24-22(13-19)30-15-18-6-4-3-5-7-18/h3-13,25H,14-15H2,1-2H3,(H,26,28)(H,27,29). The van der Waals surface area contributed by atoms with Crippen molar-refractivity contribution in [3.63, 3.8) is 0 Å². The largest absolute Gasteiger partial charge is 0.473 e. The SMILES string of the molecule is Cc1ccc(NCC(=O)NNC(=O)c2ccnc(OCc3ccccc3)c2)c(C)c1. The van der Waals surface area contributed by atoms with Crippen molar-refractivity contribution in [2.45, 2.75) is 20.5 Å². The first-order valence-electron chi connectivity index (χ1n) is 9.54. The molecule has 0 saturated carbocycles. The van der Waals surface area contributed by atoms with Gasteiger partial charge in [-0.05, 0) is 37.1 Å². The lowest BCUT2D eigenvalue weighted by Crippen LogP contribution is -2.44. The lowest BCUT2D eigenvalue weighted by Gasteiger charge is -2.11. The minimum Gasteiger partial charge on any atom is -0.473 e. The minimum atomic E-state index is -0.457. The second kappa shape index (κ2) is 10.1. The van der Waals surface area contributed by atoms with Gasteiger partial charge in [-0.2, -0.15) is 0 Å². The van der Waals surface area contributed by atoms with Crippen molar-refractivity contribution in [3.05, 3.63) is 89.1 Å². The molecule has 0 unspecified atom stereocenters. The number of nitrogens with zero attached hydrogens (tertiary/aromatic N) is 1. The van der Waals surface area contributed by atoms with Crippen molar-refractivity contribution in [2.24, 2.45) is 0 Å². The quantitative estimate of drug-likeness (QED) is 0.526. The van der Waals surface area contributed by atoms with Crippen LogP contribution in [0.1, 0.15) is 27.0 Å². The van der Waals surface area contributed by atoms with E-state index in [1.807, 2.05) is 62.4 Å². The van der Waals surface area contributed by atoms with Gasteiger partial charge in [0.1, 0.15) is 6.61 Å². The molecule has 0 fully saturated rings. The molecule has 0 radical (unpaired) electrons. The molecule has 3 aromatic rings. The average molecular weight is 404 g/mol. The number of hydrogen-bond acceptors (Lipinski definition) is 5. The molecule has 2 amide bonds. The number of hydrazine groups is 1. The second-order valence-corrected chi connectivity index (χ2v) is 6.83. The molecule has 1 heterocycles. The van der Waals surface area contributed by atoms with Crippen molar-refractivity contribution in [1.82, 2.24) is 15.8 Å². The summed E-state index contributed by atoms with van der Waals surface area (Å²) >= 11 is 0. The Morgan fingerprint density at radius 3 is 2.53 bits per heavy atom. The zero-order valence-electron chi connectivity index (χ0n) is 16.9. The van der Waals surface area contributed by atoms with Crippen LogP contribution in [0, 0.1) is 13.8 Å². The summed E-state index contributed by atoms with van der Waals surface area (Å²) in [5.41, 5.74) is 9.19. The molecule has 7 nitrogen and oxygen atoms in total. The maximum Gasteiger partial charge on any atom is 0.269 e. The van der Waals surface area contributed by atoms with Gasteiger partial charge in [-0.15, -0.1) is 0 Å². The monoisotopic (exact) mass is 404 g/mol. The summed E-state index contributed by atoms with van der Waals surface area (Å²) in [5, 5.41) is 3.05. The number of carbonyl (C=O) groups is 2. The molecule has 0 atom stereocenters. The van der Waals surface area contributed by atoms with Gasteiger partial charge in [0.15, 0.2) is 0 Å². The van der Waals surface area contributed by atoms with Crippen LogP contribution in [0.3, 0.4) is 0 Å². The number of ether oxygens (including phenoxy) is 1. The number of nitrogens with one attached hydrogen (secondary N) is 3. The number of rotatable bonds is 7. The molecular weight excluding hydrogens is 380 g/mol. The van der Waals surface area contributed by atoms with Crippen molar-refractivity contribution in [1.29, 1.82) is 0 Å². The molecule has 1 aromatic heterocycles. The van der Waals surface area contributed by atoms with E-state index in [4.69, 9.17) is 4.74 Å². The number of aryl methyl sites for hydroxylation is 2. The van der Waals surface area contributed by atoms with E-state index in [1.165, 1.54) is 12.3 Å². The molecule has 0 saturated heterocycles. The lowest BCUT2D eigenvalue weighted by molar-refractivity contribution is -0.120. The number of anilines is 1.